The summed E-state index contributed by atoms with van der Waals surface area (Å²) in [4.78, 5) is 3.70. The summed E-state index contributed by atoms with van der Waals surface area (Å²) in [6.45, 7) is 3.79. The van der Waals surface area contributed by atoms with Crippen LogP contribution in [0.3, 0.4) is 0 Å². The lowest BCUT2D eigenvalue weighted by atomic mass is 10.5. The van der Waals surface area contributed by atoms with Gasteiger partial charge in [0.2, 0.25) is 0 Å². The fourth-order valence-corrected chi connectivity index (χ4v) is 0.720. The lowest BCUT2D eigenvalue weighted by Crippen LogP contribution is -2.06. The Kier molecular flexibility index (Phi) is 1.59. The highest BCUT2D eigenvalue weighted by molar-refractivity contribution is 7.03. The van der Waals surface area contributed by atoms with Crippen LogP contribution in [0, 0.1) is 0 Å². The van der Waals surface area contributed by atoms with Gasteiger partial charge in [0.05, 0.1) is 7.47 Å². The second-order valence-electron chi connectivity index (χ2n) is 1.83. The minimum atomic E-state index is 0.0778. The Morgan fingerprint density at radius 1 is 1.89 bits per heavy atom. The van der Waals surface area contributed by atoms with E-state index in [1.54, 1.807) is 0 Å². The van der Waals surface area contributed by atoms with Crippen molar-refractivity contribution in [2.75, 3.05) is 0 Å². The molecule has 3 nitrogen and oxygen atoms in total. The van der Waals surface area contributed by atoms with E-state index in [0.29, 0.717) is 6.01 Å². The van der Waals surface area contributed by atoms with E-state index in [-0.39, 0.29) is 11.6 Å². The minimum Gasteiger partial charge on any atom is -0.460 e. The smallest absolute Gasteiger partial charge is 0.328 e. The van der Waals surface area contributed by atoms with Crippen LogP contribution in [-0.4, -0.2) is 15.5 Å². The molecular formula is C5H8N2OS. The van der Waals surface area contributed by atoms with E-state index < -0.39 is 0 Å². The summed E-state index contributed by atoms with van der Waals surface area (Å²) in [5.74, 6) is 0. The van der Waals surface area contributed by atoms with Gasteiger partial charge in [-0.05, 0) is 25.4 Å². The number of nitrogens with zero attached hydrogens (tertiary/aromatic N) is 2. The Hall–Kier alpha value is -0.640. The predicted molar refractivity (Wildman–Crippen MR) is 35.7 cm³/mol. The van der Waals surface area contributed by atoms with Crippen LogP contribution >= 0.6 is 11.5 Å². The molecule has 1 rings (SSSR count). The number of hydrogen-bond donors (Lipinski definition) is 0. The van der Waals surface area contributed by atoms with Gasteiger partial charge < -0.3 is 4.74 Å². The largest absolute Gasteiger partial charge is 0.460 e. The van der Waals surface area contributed by atoms with E-state index in [1.165, 1.54) is 0 Å². The van der Waals surface area contributed by atoms with E-state index in [9.17, 15) is 0 Å². The normalized spacial score (nSPS) is 11.7. The molecule has 0 unspecified atom stereocenters. The molecule has 0 atom stereocenters. The number of aromatic nitrogens is 2. The van der Waals surface area contributed by atoms with Crippen molar-refractivity contribution in [2.24, 2.45) is 0 Å². The van der Waals surface area contributed by atoms with Crippen LogP contribution < -0.4 is 4.74 Å². The van der Waals surface area contributed by atoms with Gasteiger partial charge in [0.15, 0.2) is 0 Å². The first kappa shape index (κ1) is 5.17. The molecule has 4 heteroatoms. The first-order valence-electron chi connectivity index (χ1n) is 3.15. The summed E-state index contributed by atoms with van der Waals surface area (Å²) in [5, 5.41) is 0. The first-order valence-corrected chi connectivity index (χ1v) is 3.43. The number of hydrogen-bond acceptors (Lipinski definition) is 4. The Morgan fingerprint density at radius 3 is 3.11 bits per heavy atom. The van der Waals surface area contributed by atoms with E-state index in [4.69, 9.17) is 6.11 Å². The molecule has 1 heterocycles. The molecule has 0 aromatic carbocycles. The van der Waals surface area contributed by atoms with Crippen molar-refractivity contribution in [2.45, 2.75) is 20.0 Å². The third-order valence-corrected chi connectivity index (χ3v) is 1.07. The summed E-state index contributed by atoms with van der Waals surface area (Å²) in [6, 6.07) is 0.310. The first-order chi connectivity index (χ1) is 4.68. The number of ether oxygens (including phenoxy) is 1. The van der Waals surface area contributed by atoms with Gasteiger partial charge in [-0.1, -0.05) is 0 Å². The molecule has 0 N–H and O–H groups in total. The Labute approximate surface area is 59.3 Å². The van der Waals surface area contributed by atoms with Crippen molar-refractivity contribution in [3.63, 3.8) is 0 Å². The topological polar surface area (TPSA) is 35.0 Å². The molecule has 0 aliphatic carbocycles. The van der Waals surface area contributed by atoms with Crippen LogP contribution in [0.25, 0.3) is 0 Å². The SMILES string of the molecule is [2H]c1nc(OC(C)C)ns1. The molecular weight excluding hydrogens is 136 g/mol. The molecule has 0 saturated carbocycles. The quantitative estimate of drug-likeness (QED) is 0.629. The zero-order valence-corrected chi connectivity index (χ0v) is 6.10. The van der Waals surface area contributed by atoms with Crippen molar-refractivity contribution in [3.8, 4) is 6.01 Å². The van der Waals surface area contributed by atoms with Crippen molar-refractivity contribution < 1.29 is 6.11 Å². The van der Waals surface area contributed by atoms with Crippen LogP contribution in [0.15, 0.2) is 5.49 Å². The highest BCUT2D eigenvalue weighted by atomic mass is 32.1. The van der Waals surface area contributed by atoms with Crippen LogP contribution in [-0.2, 0) is 0 Å². The van der Waals surface area contributed by atoms with E-state index in [2.05, 4.69) is 9.36 Å². The van der Waals surface area contributed by atoms with Crippen LogP contribution in [0.4, 0.5) is 0 Å². The average Bonchev–Trinajstić information content (AvgIpc) is 2.13. The Morgan fingerprint density at radius 2 is 2.67 bits per heavy atom. The van der Waals surface area contributed by atoms with Gasteiger partial charge in [-0.25, -0.2) is 0 Å². The van der Waals surface area contributed by atoms with E-state index in [0.717, 1.165) is 11.5 Å². The molecule has 0 fully saturated rings. The molecule has 1 aromatic rings. The minimum absolute atomic E-state index is 0.0778. The van der Waals surface area contributed by atoms with E-state index in [1.807, 2.05) is 13.8 Å². The Bertz CT molecular complexity index is 213. The molecule has 0 amide bonds. The van der Waals surface area contributed by atoms with Crippen molar-refractivity contribution >= 4 is 11.5 Å². The fraction of sp³-hybridized carbons (Fsp3) is 0.600. The molecule has 50 valence electrons. The van der Waals surface area contributed by atoms with Crippen molar-refractivity contribution in [1.29, 1.82) is 0 Å². The van der Waals surface area contributed by atoms with Gasteiger partial charge in [-0.3, -0.25) is 0 Å². The monoisotopic (exact) mass is 145 g/mol. The van der Waals surface area contributed by atoms with Gasteiger partial charge in [0, 0.05) is 0 Å². The summed E-state index contributed by atoms with van der Waals surface area (Å²) >= 11 is 1.03. The van der Waals surface area contributed by atoms with Gasteiger partial charge in [0.25, 0.3) is 0 Å². The molecule has 0 saturated heterocycles. The highest BCUT2D eigenvalue weighted by Gasteiger charge is 1.98. The third kappa shape index (κ3) is 1.97. The van der Waals surface area contributed by atoms with Crippen LogP contribution in [0.1, 0.15) is 15.2 Å². The average molecular weight is 145 g/mol. The summed E-state index contributed by atoms with van der Waals surface area (Å²) in [7, 11) is 0. The molecule has 0 aliphatic rings. The van der Waals surface area contributed by atoms with E-state index >= 15 is 0 Å². The standard InChI is InChI=1S/C5H8N2OS/c1-4(2)8-5-6-3-9-7-5/h3-4H,1-2H3/i3D. The van der Waals surface area contributed by atoms with Gasteiger partial charge in [-0.15, -0.1) is 4.37 Å². The molecule has 0 aliphatic heterocycles. The summed E-state index contributed by atoms with van der Waals surface area (Å²) in [6.07, 6.45) is 0.0778. The third-order valence-electron chi connectivity index (χ3n) is 0.647. The maximum Gasteiger partial charge on any atom is 0.328 e. The van der Waals surface area contributed by atoms with Crippen molar-refractivity contribution in [3.05, 3.63) is 5.49 Å². The zero-order chi connectivity index (χ0) is 7.56. The van der Waals surface area contributed by atoms with Crippen LogP contribution in [0.5, 0.6) is 6.01 Å². The molecule has 9 heavy (non-hydrogen) atoms. The van der Waals surface area contributed by atoms with Gasteiger partial charge in [-0.2, -0.15) is 4.98 Å². The summed E-state index contributed by atoms with van der Waals surface area (Å²) < 4.78 is 15.9. The maximum absolute atomic E-state index is 7.03. The molecule has 1 aromatic heterocycles. The lowest BCUT2D eigenvalue weighted by molar-refractivity contribution is 0.225. The Balaban J connectivity index is 2.58. The second-order valence-corrected chi connectivity index (χ2v) is 2.38. The second kappa shape index (κ2) is 2.77. The molecule has 0 bridgehead atoms. The van der Waals surface area contributed by atoms with Gasteiger partial charge in [0.1, 0.15) is 5.49 Å². The summed E-state index contributed by atoms with van der Waals surface area (Å²) in [5.41, 5.74) is 0.190. The zero-order valence-electron chi connectivity index (χ0n) is 6.29. The molecule has 0 spiro atoms. The van der Waals surface area contributed by atoms with Crippen LogP contribution in [0.2, 0.25) is 0 Å². The highest BCUT2D eigenvalue weighted by Crippen LogP contribution is 2.04. The lowest BCUT2D eigenvalue weighted by Gasteiger charge is -2.02. The molecule has 0 radical (unpaired) electrons. The van der Waals surface area contributed by atoms with Gasteiger partial charge >= 0.3 is 6.01 Å². The predicted octanol–water partition coefficient (Wildman–Crippen LogP) is 1.33. The number of rotatable bonds is 2. The maximum atomic E-state index is 7.03. The van der Waals surface area contributed by atoms with Crippen molar-refractivity contribution in [1.82, 2.24) is 9.36 Å². The fourth-order valence-electron chi connectivity index (χ4n) is 0.398.